The van der Waals surface area contributed by atoms with Crippen LogP contribution in [0.2, 0.25) is 0 Å². The van der Waals surface area contributed by atoms with E-state index in [0.29, 0.717) is 0 Å². The van der Waals surface area contributed by atoms with Crippen LogP contribution in [0.1, 0.15) is 21.8 Å². The van der Waals surface area contributed by atoms with Crippen molar-refractivity contribution in [1.29, 1.82) is 0 Å². The van der Waals surface area contributed by atoms with Crippen molar-refractivity contribution >= 4 is 17.9 Å². The second-order valence-corrected chi connectivity index (χ2v) is 3.52. The quantitative estimate of drug-likeness (QED) is 0.647. The molecule has 0 aliphatic heterocycles. The van der Waals surface area contributed by atoms with E-state index >= 15 is 0 Å². The second-order valence-electron chi connectivity index (χ2n) is 3.52. The highest BCUT2D eigenvalue weighted by molar-refractivity contribution is 6.03. The summed E-state index contributed by atoms with van der Waals surface area (Å²) in [6.45, 7) is 0. The maximum atomic E-state index is 13.2. The van der Waals surface area contributed by atoms with Crippen molar-refractivity contribution in [3.63, 3.8) is 0 Å². The third-order valence-electron chi connectivity index (χ3n) is 2.43. The molecule has 0 spiro atoms. The minimum atomic E-state index is -1.64. The van der Waals surface area contributed by atoms with Gasteiger partial charge in [-0.25, -0.2) is 9.18 Å². The first-order valence-electron chi connectivity index (χ1n) is 5.10. The number of carbonyl (C=O) groups is 3. The highest BCUT2D eigenvalue weighted by Crippen LogP contribution is 2.24. The summed E-state index contributed by atoms with van der Waals surface area (Å²) in [6.07, 6.45) is 0. The summed E-state index contributed by atoms with van der Waals surface area (Å²) in [7, 11) is 2.05. The van der Waals surface area contributed by atoms with Gasteiger partial charge in [0.15, 0.2) is 5.92 Å². The number of ether oxygens (including phenoxy) is 2. The summed E-state index contributed by atoms with van der Waals surface area (Å²) in [5.74, 6) is -5.87. The van der Waals surface area contributed by atoms with Gasteiger partial charge in [0.2, 0.25) is 0 Å². The molecule has 0 aliphatic rings. The van der Waals surface area contributed by atoms with Crippen molar-refractivity contribution in [2.75, 3.05) is 14.2 Å². The Balaban J connectivity index is 3.44. The number of carbonyl (C=O) groups excluding carboxylic acids is 2. The molecule has 1 rings (SSSR count). The molecular weight excluding hydrogens is 259 g/mol. The molecule has 0 amide bonds. The standard InChI is InChI=1S/C12H11FO6/c1-18-11(16)9(12(17)19-2)8-5-6(13)3-4-7(8)10(14)15/h3-5,9H,1-2H3,(H,14,15). The van der Waals surface area contributed by atoms with Crippen LogP contribution in [-0.4, -0.2) is 37.2 Å². The maximum absolute atomic E-state index is 13.2. The summed E-state index contributed by atoms with van der Waals surface area (Å²) < 4.78 is 22.0. The summed E-state index contributed by atoms with van der Waals surface area (Å²) in [5.41, 5.74) is -0.687. The zero-order chi connectivity index (χ0) is 14.6. The molecule has 0 radical (unpaired) electrons. The van der Waals surface area contributed by atoms with Gasteiger partial charge in [-0.3, -0.25) is 9.59 Å². The summed E-state index contributed by atoms with van der Waals surface area (Å²) >= 11 is 0. The van der Waals surface area contributed by atoms with Crippen LogP contribution in [0.15, 0.2) is 18.2 Å². The predicted molar refractivity (Wildman–Crippen MR) is 60.1 cm³/mol. The molecule has 0 aliphatic carbocycles. The van der Waals surface area contributed by atoms with Crippen molar-refractivity contribution in [1.82, 2.24) is 0 Å². The molecule has 0 aromatic heterocycles. The fourth-order valence-corrected chi connectivity index (χ4v) is 1.55. The van der Waals surface area contributed by atoms with Crippen molar-refractivity contribution < 1.29 is 33.4 Å². The van der Waals surface area contributed by atoms with Crippen molar-refractivity contribution in [2.45, 2.75) is 5.92 Å². The molecule has 1 aromatic carbocycles. The number of aromatic carboxylic acids is 1. The summed E-state index contributed by atoms with van der Waals surface area (Å²) in [6, 6.07) is 2.67. The minimum Gasteiger partial charge on any atom is -0.478 e. The van der Waals surface area contributed by atoms with Crippen molar-refractivity contribution in [3.8, 4) is 0 Å². The second kappa shape index (κ2) is 5.94. The zero-order valence-corrected chi connectivity index (χ0v) is 10.2. The number of hydrogen-bond acceptors (Lipinski definition) is 5. The average molecular weight is 270 g/mol. The molecule has 6 nitrogen and oxygen atoms in total. The smallest absolute Gasteiger partial charge is 0.336 e. The summed E-state index contributed by atoms with van der Waals surface area (Å²) in [4.78, 5) is 34.2. The first-order valence-corrected chi connectivity index (χ1v) is 5.10. The van der Waals surface area contributed by atoms with Crippen LogP contribution in [0.3, 0.4) is 0 Å². The van der Waals surface area contributed by atoms with Crippen LogP contribution < -0.4 is 0 Å². The lowest BCUT2D eigenvalue weighted by Gasteiger charge is -2.15. The Kier molecular flexibility index (Phi) is 4.57. The van der Waals surface area contributed by atoms with E-state index in [1.54, 1.807) is 0 Å². The number of carboxylic acids is 1. The Hall–Kier alpha value is -2.44. The number of rotatable bonds is 4. The van der Waals surface area contributed by atoms with E-state index in [1.165, 1.54) is 0 Å². The molecular formula is C12H11FO6. The first-order chi connectivity index (χ1) is 8.92. The fourth-order valence-electron chi connectivity index (χ4n) is 1.55. The predicted octanol–water partition coefficient (Wildman–Crippen LogP) is 0.954. The van der Waals surface area contributed by atoms with Gasteiger partial charge >= 0.3 is 17.9 Å². The SMILES string of the molecule is COC(=O)C(C(=O)OC)c1cc(F)ccc1C(=O)O. The topological polar surface area (TPSA) is 89.9 Å². The van der Waals surface area contributed by atoms with Crippen LogP contribution in [0.25, 0.3) is 0 Å². The molecule has 0 heterocycles. The Morgan fingerprint density at radius 3 is 2.11 bits per heavy atom. The van der Waals surface area contributed by atoms with Gasteiger partial charge in [-0.2, -0.15) is 0 Å². The van der Waals surface area contributed by atoms with Gasteiger partial charge in [-0.1, -0.05) is 0 Å². The van der Waals surface area contributed by atoms with Gasteiger partial charge < -0.3 is 14.6 Å². The summed E-state index contributed by atoms with van der Waals surface area (Å²) in [5, 5.41) is 8.99. The van der Waals surface area contributed by atoms with E-state index in [9.17, 15) is 18.8 Å². The van der Waals surface area contributed by atoms with E-state index in [4.69, 9.17) is 5.11 Å². The molecule has 0 saturated carbocycles. The van der Waals surface area contributed by atoms with Gasteiger partial charge in [0, 0.05) is 0 Å². The molecule has 0 saturated heterocycles. The molecule has 7 heteroatoms. The van der Waals surface area contributed by atoms with Crippen LogP contribution in [0.5, 0.6) is 0 Å². The average Bonchev–Trinajstić information content (AvgIpc) is 2.38. The zero-order valence-electron chi connectivity index (χ0n) is 10.2. The highest BCUT2D eigenvalue weighted by atomic mass is 19.1. The monoisotopic (exact) mass is 270 g/mol. The van der Waals surface area contributed by atoms with E-state index in [2.05, 4.69) is 9.47 Å². The molecule has 102 valence electrons. The van der Waals surface area contributed by atoms with Crippen LogP contribution in [0.4, 0.5) is 4.39 Å². The molecule has 1 aromatic rings. The lowest BCUT2D eigenvalue weighted by Crippen LogP contribution is -2.26. The number of carboxylic acid groups (broad SMARTS) is 1. The Bertz CT molecular complexity index is 509. The van der Waals surface area contributed by atoms with Gasteiger partial charge in [-0.15, -0.1) is 0 Å². The number of methoxy groups -OCH3 is 2. The van der Waals surface area contributed by atoms with Crippen LogP contribution >= 0.6 is 0 Å². The number of halogens is 1. The van der Waals surface area contributed by atoms with E-state index in [1.807, 2.05) is 0 Å². The molecule has 1 N–H and O–H groups in total. The normalized spacial score (nSPS) is 10.1. The molecule has 0 fully saturated rings. The Labute approximate surface area is 107 Å². The lowest BCUT2D eigenvalue weighted by atomic mass is 9.94. The molecule has 0 unspecified atom stereocenters. The minimum absolute atomic E-state index is 0.314. The van der Waals surface area contributed by atoms with Crippen LogP contribution in [0, 0.1) is 5.82 Å². The molecule has 0 bridgehead atoms. The van der Waals surface area contributed by atoms with E-state index < -0.39 is 29.6 Å². The third kappa shape index (κ3) is 3.06. The highest BCUT2D eigenvalue weighted by Gasteiger charge is 2.34. The Morgan fingerprint density at radius 2 is 1.68 bits per heavy atom. The van der Waals surface area contributed by atoms with Gasteiger partial charge in [0.1, 0.15) is 5.82 Å². The maximum Gasteiger partial charge on any atom is 0.336 e. The van der Waals surface area contributed by atoms with Gasteiger partial charge in [0.05, 0.1) is 19.8 Å². The third-order valence-corrected chi connectivity index (χ3v) is 2.43. The number of hydrogen-bond donors (Lipinski definition) is 1. The molecule has 0 atom stereocenters. The van der Waals surface area contributed by atoms with Crippen molar-refractivity contribution in [3.05, 3.63) is 35.1 Å². The van der Waals surface area contributed by atoms with Crippen LogP contribution in [-0.2, 0) is 19.1 Å². The van der Waals surface area contributed by atoms with Gasteiger partial charge in [-0.05, 0) is 23.8 Å². The van der Waals surface area contributed by atoms with Gasteiger partial charge in [0.25, 0.3) is 0 Å². The van der Waals surface area contributed by atoms with E-state index in [-0.39, 0.29) is 11.1 Å². The van der Waals surface area contributed by atoms with E-state index in [0.717, 1.165) is 32.4 Å². The first kappa shape index (κ1) is 14.6. The fraction of sp³-hybridized carbons (Fsp3) is 0.250. The van der Waals surface area contributed by atoms with Crippen molar-refractivity contribution in [2.24, 2.45) is 0 Å². The molecule has 19 heavy (non-hydrogen) atoms. The Morgan fingerprint density at radius 1 is 1.16 bits per heavy atom. The largest absolute Gasteiger partial charge is 0.478 e. The number of esters is 2. The lowest BCUT2D eigenvalue weighted by molar-refractivity contribution is -0.154. The number of benzene rings is 1.